The zero-order valence-corrected chi connectivity index (χ0v) is 17.3. The molecule has 1 amide bonds. The minimum absolute atomic E-state index is 0.330. The monoisotopic (exact) mass is 411 g/mol. The van der Waals surface area contributed by atoms with Crippen molar-refractivity contribution in [1.82, 2.24) is 19.8 Å². The summed E-state index contributed by atoms with van der Waals surface area (Å²) in [6.45, 7) is 5.73. The molecule has 1 fully saturated rings. The van der Waals surface area contributed by atoms with Crippen LogP contribution in [0.3, 0.4) is 0 Å². The van der Waals surface area contributed by atoms with Gasteiger partial charge in [-0.05, 0) is 57.0 Å². The lowest BCUT2D eigenvalue weighted by molar-refractivity contribution is 0.191. The predicted octanol–water partition coefficient (Wildman–Crippen LogP) is 3.52. The van der Waals surface area contributed by atoms with E-state index >= 15 is 0 Å². The van der Waals surface area contributed by atoms with Gasteiger partial charge in [0, 0.05) is 25.7 Å². The van der Waals surface area contributed by atoms with Crippen LogP contribution in [0.2, 0.25) is 0 Å². The van der Waals surface area contributed by atoms with Gasteiger partial charge in [0.05, 0.1) is 17.6 Å². The lowest BCUT2D eigenvalue weighted by atomic mass is 10.1. The Morgan fingerprint density at radius 3 is 2.90 bits per heavy atom. The number of furan rings is 1. The van der Waals surface area contributed by atoms with E-state index in [0.29, 0.717) is 19.1 Å². The molecule has 0 aliphatic carbocycles. The van der Waals surface area contributed by atoms with Gasteiger partial charge < -0.3 is 29.6 Å². The second-order valence-electron chi connectivity index (χ2n) is 7.87. The van der Waals surface area contributed by atoms with Gasteiger partial charge in [0.15, 0.2) is 0 Å². The summed E-state index contributed by atoms with van der Waals surface area (Å²) in [5, 5.41) is 14.9. The number of aryl methyl sites for hydroxylation is 1. The lowest BCUT2D eigenvalue weighted by Crippen LogP contribution is -2.35. The van der Waals surface area contributed by atoms with Crippen LogP contribution < -0.4 is 10.6 Å². The molecule has 1 aliphatic heterocycles. The molecule has 3 N–H and O–H groups in total. The average molecular weight is 412 g/mol. The number of anilines is 1. The first-order chi connectivity index (χ1) is 14.6. The topological polar surface area (TPSA) is 95.6 Å². The quantitative estimate of drug-likeness (QED) is 0.551. The summed E-state index contributed by atoms with van der Waals surface area (Å²) in [6.07, 6.45) is 2.17. The van der Waals surface area contributed by atoms with Crippen LogP contribution in [-0.2, 0) is 6.54 Å². The molecule has 3 heterocycles. The normalized spacial score (nSPS) is 17.7. The molecule has 1 aliphatic rings. The number of imidazole rings is 1. The van der Waals surface area contributed by atoms with Gasteiger partial charge in [-0.1, -0.05) is 12.1 Å². The fraction of sp³-hybridized carbons (Fsp3) is 0.455. The summed E-state index contributed by atoms with van der Waals surface area (Å²) >= 11 is 0. The Kier molecular flexibility index (Phi) is 6.23. The third kappa shape index (κ3) is 4.94. The van der Waals surface area contributed by atoms with Crippen molar-refractivity contribution < 1.29 is 14.3 Å². The molecule has 0 bridgehead atoms. The molecular formula is C22H29N5O3. The maximum Gasteiger partial charge on any atom is 0.404 e. The number of aromatic nitrogens is 2. The van der Waals surface area contributed by atoms with Crippen molar-refractivity contribution in [2.75, 3.05) is 31.5 Å². The number of fused-ring (bicyclic) bond motifs is 1. The maximum atomic E-state index is 10.6. The minimum atomic E-state index is -0.963. The molecule has 0 spiro atoms. The molecule has 2 aromatic heterocycles. The first-order valence-corrected chi connectivity index (χ1v) is 10.5. The number of benzene rings is 1. The van der Waals surface area contributed by atoms with E-state index in [9.17, 15) is 4.79 Å². The molecule has 0 radical (unpaired) electrons. The molecular weight excluding hydrogens is 382 g/mol. The number of nitrogens with zero attached hydrogens (tertiary/aromatic N) is 3. The van der Waals surface area contributed by atoms with Crippen LogP contribution in [0.5, 0.6) is 0 Å². The molecule has 4 rings (SSSR count). The van der Waals surface area contributed by atoms with Gasteiger partial charge in [0.25, 0.3) is 0 Å². The number of amides is 1. The maximum absolute atomic E-state index is 10.6. The van der Waals surface area contributed by atoms with Gasteiger partial charge in [-0.25, -0.2) is 9.78 Å². The van der Waals surface area contributed by atoms with Crippen molar-refractivity contribution >= 4 is 23.1 Å². The molecule has 160 valence electrons. The van der Waals surface area contributed by atoms with Gasteiger partial charge >= 0.3 is 6.09 Å². The van der Waals surface area contributed by atoms with Crippen LogP contribution in [0.1, 0.15) is 30.8 Å². The van der Waals surface area contributed by atoms with E-state index in [4.69, 9.17) is 14.5 Å². The van der Waals surface area contributed by atoms with E-state index in [2.05, 4.69) is 26.2 Å². The first-order valence-electron chi connectivity index (χ1n) is 10.5. The highest BCUT2D eigenvalue weighted by atomic mass is 16.4. The Labute approximate surface area is 175 Å². The molecule has 3 aromatic rings. The number of hydrogen-bond acceptors (Lipinski definition) is 5. The SMILES string of the molecule is Cc1ccc(Cn2c(NC3CCCN(CCNC(=O)O)CC3)nc3ccccc32)o1. The van der Waals surface area contributed by atoms with Crippen LogP contribution in [0.25, 0.3) is 11.0 Å². The van der Waals surface area contributed by atoms with Crippen LogP contribution in [0, 0.1) is 6.92 Å². The van der Waals surface area contributed by atoms with E-state index in [0.717, 1.165) is 67.4 Å². The Morgan fingerprint density at radius 1 is 1.23 bits per heavy atom. The molecule has 1 unspecified atom stereocenters. The summed E-state index contributed by atoms with van der Waals surface area (Å²) in [5.74, 6) is 2.69. The van der Waals surface area contributed by atoms with Crippen LogP contribution >= 0.6 is 0 Å². The summed E-state index contributed by atoms with van der Waals surface area (Å²) in [5.41, 5.74) is 2.06. The molecule has 8 heteroatoms. The van der Waals surface area contributed by atoms with Gasteiger partial charge in [0.2, 0.25) is 5.95 Å². The van der Waals surface area contributed by atoms with Crippen molar-refractivity contribution in [3.8, 4) is 0 Å². The zero-order valence-electron chi connectivity index (χ0n) is 17.3. The predicted molar refractivity (Wildman–Crippen MR) is 116 cm³/mol. The van der Waals surface area contributed by atoms with Crippen molar-refractivity contribution in [1.29, 1.82) is 0 Å². The van der Waals surface area contributed by atoms with Crippen molar-refractivity contribution in [3.05, 3.63) is 47.9 Å². The second-order valence-corrected chi connectivity index (χ2v) is 7.87. The highest BCUT2D eigenvalue weighted by Gasteiger charge is 2.20. The van der Waals surface area contributed by atoms with Gasteiger partial charge in [-0.2, -0.15) is 0 Å². The number of likely N-dealkylation sites (tertiary alicyclic amines) is 1. The van der Waals surface area contributed by atoms with Crippen molar-refractivity contribution in [3.63, 3.8) is 0 Å². The number of nitrogens with one attached hydrogen (secondary N) is 2. The zero-order chi connectivity index (χ0) is 20.9. The number of carboxylic acid groups (broad SMARTS) is 1. The highest BCUT2D eigenvalue weighted by molar-refractivity contribution is 5.78. The largest absolute Gasteiger partial charge is 0.465 e. The molecule has 8 nitrogen and oxygen atoms in total. The van der Waals surface area contributed by atoms with Gasteiger partial charge in [-0.3, -0.25) is 0 Å². The van der Waals surface area contributed by atoms with Crippen LogP contribution in [0.4, 0.5) is 10.7 Å². The van der Waals surface area contributed by atoms with Crippen molar-refractivity contribution in [2.45, 2.75) is 38.8 Å². The summed E-state index contributed by atoms with van der Waals surface area (Å²) in [7, 11) is 0. The second kappa shape index (κ2) is 9.21. The highest BCUT2D eigenvalue weighted by Crippen LogP contribution is 2.24. The smallest absolute Gasteiger partial charge is 0.404 e. The first kappa shape index (κ1) is 20.3. The minimum Gasteiger partial charge on any atom is -0.465 e. The summed E-state index contributed by atoms with van der Waals surface area (Å²) in [4.78, 5) is 17.8. The van der Waals surface area contributed by atoms with E-state index in [1.807, 2.05) is 37.3 Å². The Balaban J connectivity index is 1.45. The van der Waals surface area contributed by atoms with E-state index in [1.165, 1.54) is 0 Å². The molecule has 1 saturated heterocycles. The molecule has 0 saturated carbocycles. The Morgan fingerprint density at radius 2 is 2.10 bits per heavy atom. The standard InChI is InChI=1S/C22H29N5O3/c1-16-8-9-18(30-16)15-27-20-7-3-2-6-19(20)25-21(27)24-17-5-4-12-26(13-10-17)14-11-23-22(28)29/h2-3,6-9,17,23H,4-5,10-15H2,1H3,(H,24,25)(H,28,29). The van der Waals surface area contributed by atoms with Gasteiger partial charge in [0.1, 0.15) is 11.5 Å². The summed E-state index contributed by atoms with van der Waals surface area (Å²) < 4.78 is 8.00. The fourth-order valence-corrected chi connectivity index (χ4v) is 4.10. The molecule has 1 aromatic carbocycles. The lowest BCUT2D eigenvalue weighted by Gasteiger charge is -2.20. The third-order valence-corrected chi connectivity index (χ3v) is 5.62. The molecule has 1 atom stereocenters. The average Bonchev–Trinajstić information content (AvgIpc) is 3.20. The van der Waals surface area contributed by atoms with Crippen LogP contribution in [-0.4, -0.2) is 57.9 Å². The number of rotatable bonds is 7. The summed E-state index contributed by atoms with van der Waals surface area (Å²) in [6, 6.07) is 12.5. The number of hydrogen-bond donors (Lipinski definition) is 3. The van der Waals surface area contributed by atoms with E-state index in [-0.39, 0.29) is 0 Å². The van der Waals surface area contributed by atoms with Crippen LogP contribution in [0.15, 0.2) is 40.8 Å². The Hall–Kier alpha value is -3.00. The molecule has 30 heavy (non-hydrogen) atoms. The van der Waals surface area contributed by atoms with Crippen molar-refractivity contribution in [2.24, 2.45) is 0 Å². The Bertz CT molecular complexity index is 996. The van der Waals surface area contributed by atoms with E-state index in [1.54, 1.807) is 0 Å². The van der Waals surface area contributed by atoms with Gasteiger partial charge in [-0.15, -0.1) is 0 Å². The fourth-order valence-electron chi connectivity index (χ4n) is 4.10. The van der Waals surface area contributed by atoms with E-state index < -0.39 is 6.09 Å². The number of para-hydroxylation sites is 2. The third-order valence-electron chi connectivity index (χ3n) is 5.62. The number of carbonyl (C=O) groups is 1.